The Morgan fingerprint density at radius 1 is 1.03 bits per heavy atom. The van der Waals surface area contributed by atoms with E-state index in [2.05, 4.69) is 4.74 Å². The van der Waals surface area contributed by atoms with Gasteiger partial charge in [-0.25, -0.2) is 4.79 Å². The summed E-state index contributed by atoms with van der Waals surface area (Å²) in [6.45, 7) is 6.11. The van der Waals surface area contributed by atoms with Gasteiger partial charge >= 0.3 is 11.9 Å². The number of ether oxygens (including phenoxy) is 4. The molecule has 0 amide bonds. The molecule has 0 aromatic heterocycles. The van der Waals surface area contributed by atoms with Crippen LogP contribution in [0.25, 0.3) is 0 Å². The molecular weight excluding hydrogens is 468 g/mol. The van der Waals surface area contributed by atoms with Crippen molar-refractivity contribution in [3.8, 4) is 0 Å². The van der Waals surface area contributed by atoms with Gasteiger partial charge in [0.05, 0.1) is 50.8 Å². The Labute approximate surface area is 215 Å². The van der Waals surface area contributed by atoms with Crippen LogP contribution in [0.1, 0.15) is 78.6 Å². The van der Waals surface area contributed by atoms with Crippen LogP contribution < -0.4 is 0 Å². The molecule has 2 aliphatic rings. The van der Waals surface area contributed by atoms with Crippen LogP contribution in [-0.4, -0.2) is 84.2 Å². The summed E-state index contributed by atoms with van der Waals surface area (Å²) < 4.78 is 21.4. The van der Waals surface area contributed by atoms with Crippen LogP contribution in [0, 0.1) is 11.8 Å². The van der Waals surface area contributed by atoms with Crippen LogP contribution in [0.5, 0.6) is 0 Å². The summed E-state index contributed by atoms with van der Waals surface area (Å²) >= 11 is 0. The molecule has 9 heteroatoms. The van der Waals surface area contributed by atoms with Gasteiger partial charge in [0, 0.05) is 24.3 Å². The zero-order valence-electron chi connectivity index (χ0n) is 22.3. The molecule has 0 spiro atoms. The van der Waals surface area contributed by atoms with Gasteiger partial charge in [-0.2, -0.15) is 0 Å². The largest absolute Gasteiger partial charge is 0.469 e. The van der Waals surface area contributed by atoms with Crippen LogP contribution >= 0.6 is 0 Å². The van der Waals surface area contributed by atoms with Crippen LogP contribution in [0.3, 0.4) is 0 Å². The molecule has 0 unspecified atom stereocenters. The average molecular weight is 515 g/mol. The van der Waals surface area contributed by atoms with E-state index in [0.29, 0.717) is 32.5 Å². The van der Waals surface area contributed by atoms with Gasteiger partial charge in [0.15, 0.2) is 0 Å². The molecular formula is C27H46O9. The summed E-state index contributed by atoms with van der Waals surface area (Å²) in [4.78, 5) is 23.1. The van der Waals surface area contributed by atoms with E-state index in [0.717, 1.165) is 44.1 Å². The fourth-order valence-corrected chi connectivity index (χ4v) is 4.68. The molecule has 36 heavy (non-hydrogen) atoms. The Balaban J connectivity index is 1.60. The summed E-state index contributed by atoms with van der Waals surface area (Å²) in [5.41, 5.74) is 0.719. The van der Waals surface area contributed by atoms with Gasteiger partial charge in [0.25, 0.3) is 0 Å². The minimum atomic E-state index is -1.05. The van der Waals surface area contributed by atoms with Crippen LogP contribution in [0.15, 0.2) is 11.6 Å². The lowest BCUT2D eigenvalue weighted by Crippen LogP contribution is -2.50. The third-order valence-electron chi connectivity index (χ3n) is 7.31. The second-order valence-corrected chi connectivity index (χ2v) is 10.4. The standard InChI is InChI=1S/C27H46O9/c1-17(14-24(30)34-12-10-8-6-5-7-9-11-23(29)33-4)13-21-26(32)25(31)20(16-35-21)15-22-27(36-22)18(2)19(3)28/h14,18-22,25-28,31-32H,5-13,15-16H2,1-4H3/b17-14+/t18-,19+,20+,21+,22-,25-,26+,27-/m1/s1. The maximum Gasteiger partial charge on any atom is 0.330 e. The fraction of sp³-hybridized carbons (Fsp3) is 0.852. The fourth-order valence-electron chi connectivity index (χ4n) is 4.68. The maximum absolute atomic E-state index is 12.1. The van der Waals surface area contributed by atoms with Crippen molar-refractivity contribution in [3.63, 3.8) is 0 Å². The van der Waals surface area contributed by atoms with E-state index in [1.807, 2.05) is 6.92 Å². The number of methoxy groups -OCH3 is 1. The number of carbonyl (C=O) groups excluding carboxylic acids is 2. The molecule has 0 aromatic rings. The number of aliphatic hydroxyl groups excluding tert-OH is 3. The smallest absolute Gasteiger partial charge is 0.330 e. The highest BCUT2D eigenvalue weighted by Crippen LogP contribution is 2.38. The number of unbranched alkanes of at least 4 members (excludes halogenated alkanes) is 5. The molecule has 2 saturated heterocycles. The van der Waals surface area contributed by atoms with Crippen molar-refractivity contribution >= 4 is 11.9 Å². The van der Waals surface area contributed by atoms with Crippen molar-refractivity contribution in [1.82, 2.24) is 0 Å². The minimum Gasteiger partial charge on any atom is -0.469 e. The molecule has 2 rings (SSSR count). The summed E-state index contributed by atoms with van der Waals surface area (Å²) in [6, 6.07) is 0. The van der Waals surface area contributed by atoms with E-state index >= 15 is 0 Å². The predicted octanol–water partition coefficient (Wildman–Crippen LogP) is 2.68. The lowest BCUT2D eigenvalue weighted by Gasteiger charge is -2.38. The van der Waals surface area contributed by atoms with Crippen LogP contribution in [-0.2, 0) is 28.5 Å². The lowest BCUT2D eigenvalue weighted by molar-refractivity contribution is -0.165. The molecule has 2 fully saturated rings. The Kier molecular flexibility index (Phi) is 13.4. The van der Waals surface area contributed by atoms with Crippen LogP contribution in [0.4, 0.5) is 0 Å². The van der Waals surface area contributed by atoms with E-state index < -0.39 is 30.4 Å². The molecule has 0 aromatic carbocycles. The zero-order chi connectivity index (χ0) is 26.7. The first-order valence-electron chi connectivity index (χ1n) is 13.4. The van der Waals surface area contributed by atoms with Gasteiger partial charge in [-0.15, -0.1) is 0 Å². The van der Waals surface area contributed by atoms with Gasteiger partial charge in [0.1, 0.15) is 6.10 Å². The summed E-state index contributed by atoms with van der Waals surface area (Å²) in [5.74, 6) is -0.810. The highest BCUT2D eigenvalue weighted by molar-refractivity contribution is 5.82. The van der Waals surface area contributed by atoms with E-state index in [1.54, 1.807) is 13.8 Å². The number of rotatable bonds is 16. The maximum atomic E-state index is 12.1. The Hall–Kier alpha value is -1.52. The van der Waals surface area contributed by atoms with Gasteiger partial charge in [-0.05, 0) is 39.5 Å². The number of aliphatic hydroxyl groups is 3. The first kappa shape index (κ1) is 30.7. The number of epoxide rings is 1. The van der Waals surface area contributed by atoms with Gasteiger partial charge < -0.3 is 34.3 Å². The van der Waals surface area contributed by atoms with E-state index in [-0.39, 0.29) is 30.0 Å². The summed E-state index contributed by atoms with van der Waals surface area (Å²) in [7, 11) is 1.40. The zero-order valence-corrected chi connectivity index (χ0v) is 22.3. The first-order valence-corrected chi connectivity index (χ1v) is 13.4. The monoisotopic (exact) mass is 514 g/mol. The minimum absolute atomic E-state index is 0.0196. The summed E-state index contributed by atoms with van der Waals surface area (Å²) in [5, 5.41) is 30.9. The topological polar surface area (TPSA) is 135 Å². The highest BCUT2D eigenvalue weighted by atomic mass is 16.6. The number of hydrogen-bond donors (Lipinski definition) is 3. The Bertz CT molecular complexity index is 707. The quantitative estimate of drug-likeness (QED) is 0.123. The molecule has 0 bridgehead atoms. The molecule has 2 aliphatic heterocycles. The third kappa shape index (κ3) is 10.5. The van der Waals surface area contributed by atoms with E-state index in [1.165, 1.54) is 13.2 Å². The second-order valence-electron chi connectivity index (χ2n) is 10.4. The first-order chi connectivity index (χ1) is 17.1. The van der Waals surface area contributed by atoms with Crippen molar-refractivity contribution in [2.75, 3.05) is 20.3 Å². The van der Waals surface area contributed by atoms with Crippen molar-refractivity contribution in [3.05, 3.63) is 11.6 Å². The molecule has 3 N–H and O–H groups in total. The number of carbonyl (C=O) groups is 2. The molecule has 9 nitrogen and oxygen atoms in total. The number of esters is 2. The van der Waals surface area contributed by atoms with Crippen molar-refractivity contribution < 1.29 is 43.9 Å². The van der Waals surface area contributed by atoms with Crippen molar-refractivity contribution in [1.29, 1.82) is 0 Å². The van der Waals surface area contributed by atoms with E-state index in [9.17, 15) is 24.9 Å². The molecule has 8 atom stereocenters. The molecule has 2 heterocycles. The SMILES string of the molecule is COC(=O)CCCCCCCCOC(=O)/C=C(\C)C[C@@H]1OC[C@H](C[C@H]2O[C@@H]2[C@H](C)[C@H](C)O)[C@@H](O)[C@H]1O. The molecule has 0 saturated carbocycles. The molecule has 0 aliphatic carbocycles. The van der Waals surface area contributed by atoms with Crippen molar-refractivity contribution in [2.24, 2.45) is 11.8 Å². The van der Waals surface area contributed by atoms with Crippen LogP contribution in [0.2, 0.25) is 0 Å². The predicted molar refractivity (Wildman–Crippen MR) is 133 cm³/mol. The van der Waals surface area contributed by atoms with E-state index in [4.69, 9.17) is 14.2 Å². The lowest BCUT2D eigenvalue weighted by atomic mass is 9.85. The molecule has 208 valence electrons. The number of hydrogen-bond acceptors (Lipinski definition) is 9. The molecule has 0 radical (unpaired) electrons. The Morgan fingerprint density at radius 2 is 1.69 bits per heavy atom. The van der Waals surface area contributed by atoms with Crippen molar-refractivity contribution in [2.45, 2.75) is 115 Å². The highest BCUT2D eigenvalue weighted by Gasteiger charge is 2.48. The average Bonchev–Trinajstić information content (AvgIpc) is 3.60. The second kappa shape index (κ2) is 15.7. The summed E-state index contributed by atoms with van der Waals surface area (Å²) in [6.07, 6.45) is 5.30. The van der Waals surface area contributed by atoms with Gasteiger partial charge in [0.2, 0.25) is 0 Å². The Morgan fingerprint density at radius 3 is 2.36 bits per heavy atom. The van der Waals surface area contributed by atoms with Gasteiger partial charge in [-0.3, -0.25) is 4.79 Å². The van der Waals surface area contributed by atoms with Gasteiger partial charge in [-0.1, -0.05) is 38.2 Å². The third-order valence-corrected chi connectivity index (χ3v) is 7.31. The normalized spacial score (nSPS) is 29.9.